The molecule has 2 aliphatic carbocycles. The van der Waals surface area contributed by atoms with E-state index in [1.165, 1.54) is 0 Å². The zero-order chi connectivity index (χ0) is 17.9. The van der Waals surface area contributed by atoms with Crippen LogP contribution < -0.4 is 4.74 Å². The first-order valence-electron chi connectivity index (χ1n) is 8.08. The van der Waals surface area contributed by atoms with Crippen molar-refractivity contribution >= 4 is 27.3 Å². The third-order valence-electron chi connectivity index (χ3n) is 5.38. The number of ether oxygens (including phenoxy) is 1. The topological polar surface area (TPSA) is 50.1 Å². The number of fused-ring (bicyclic) bond motifs is 3. The number of carbonyl (C=O) groups is 1. The zero-order valence-corrected chi connectivity index (χ0v) is 15.8. The first kappa shape index (κ1) is 16.1. The Hall–Kier alpha value is -2.38. The summed E-state index contributed by atoms with van der Waals surface area (Å²) in [5, 5.41) is 9.51. The summed E-state index contributed by atoms with van der Waals surface area (Å²) >= 11 is 3.49. The Morgan fingerprint density at radius 1 is 1.28 bits per heavy atom. The number of allylic oxidation sites excluding steroid dienone is 2. The van der Waals surface area contributed by atoms with Crippen molar-refractivity contribution in [3.63, 3.8) is 0 Å². The predicted molar refractivity (Wildman–Crippen MR) is 99.8 cm³/mol. The maximum Gasteiger partial charge on any atom is 0.194 e. The van der Waals surface area contributed by atoms with Gasteiger partial charge in [-0.05, 0) is 57.2 Å². The maximum atomic E-state index is 13.3. The second kappa shape index (κ2) is 5.31. The van der Waals surface area contributed by atoms with Gasteiger partial charge in [0.1, 0.15) is 5.75 Å². The summed E-state index contributed by atoms with van der Waals surface area (Å²) in [4.78, 5) is 13.3. The van der Waals surface area contributed by atoms with E-state index in [9.17, 15) is 10.1 Å². The lowest BCUT2D eigenvalue weighted by atomic mass is 9.68. The molecule has 0 spiro atoms. The van der Waals surface area contributed by atoms with Crippen LogP contribution in [0.4, 0.5) is 0 Å². The molecule has 0 fully saturated rings. The van der Waals surface area contributed by atoms with Gasteiger partial charge >= 0.3 is 0 Å². The van der Waals surface area contributed by atoms with Crippen LogP contribution in [0.5, 0.6) is 5.75 Å². The number of benzene rings is 2. The van der Waals surface area contributed by atoms with Crippen molar-refractivity contribution in [2.24, 2.45) is 0 Å². The normalized spacial score (nSPS) is 16.8. The van der Waals surface area contributed by atoms with Gasteiger partial charge in [-0.1, -0.05) is 26.0 Å². The lowest BCUT2D eigenvalue weighted by molar-refractivity contribution is 0.105. The number of rotatable bonds is 1. The molecule has 0 saturated carbocycles. The van der Waals surface area contributed by atoms with Gasteiger partial charge in [0.25, 0.3) is 0 Å². The van der Waals surface area contributed by atoms with Gasteiger partial charge in [-0.25, -0.2) is 0 Å². The quantitative estimate of drug-likeness (QED) is 0.697. The molecular formula is C21H16BrNO2. The fraction of sp³-hybridized carbons (Fsp3) is 0.238. The third-order valence-corrected chi connectivity index (χ3v) is 6.00. The van der Waals surface area contributed by atoms with Crippen LogP contribution in [0, 0.1) is 11.3 Å². The Bertz CT molecular complexity index is 1020. The molecule has 4 heteroatoms. The number of methoxy groups -OCH3 is 1. The summed E-state index contributed by atoms with van der Waals surface area (Å²) < 4.78 is 6.19. The first-order valence-corrected chi connectivity index (χ1v) is 8.88. The number of hydrogen-bond donors (Lipinski definition) is 0. The van der Waals surface area contributed by atoms with Crippen molar-refractivity contribution in [3.05, 3.63) is 68.2 Å². The molecule has 2 aromatic rings. The number of hydrogen-bond acceptors (Lipinski definition) is 3. The first-order chi connectivity index (χ1) is 11.9. The number of Topliss-reactive ketones (excluding diaryl/α,β-unsaturated/α-hetero) is 1. The number of ketones is 1. The van der Waals surface area contributed by atoms with Crippen LogP contribution in [0.3, 0.4) is 0 Å². The molecule has 0 saturated heterocycles. The summed E-state index contributed by atoms with van der Waals surface area (Å²) in [6.45, 7) is 4.28. The average Bonchev–Trinajstić information content (AvgIpc) is 3.00. The van der Waals surface area contributed by atoms with E-state index >= 15 is 0 Å². The molecule has 0 radical (unpaired) electrons. The molecule has 2 aromatic carbocycles. The highest BCUT2D eigenvalue weighted by molar-refractivity contribution is 9.10. The SMILES string of the molecule is COc1cc2c(cc1Br)C(=O)C1=C(Cc3cccc(C#N)c31)C2(C)C. The average molecular weight is 394 g/mol. The molecule has 2 aliphatic rings. The maximum absolute atomic E-state index is 13.3. The lowest BCUT2D eigenvalue weighted by Gasteiger charge is -2.34. The van der Waals surface area contributed by atoms with Gasteiger partial charge in [0.2, 0.25) is 0 Å². The van der Waals surface area contributed by atoms with Crippen molar-refractivity contribution < 1.29 is 9.53 Å². The Balaban J connectivity index is 2.03. The van der Waals surface area contributed by atoms with E-state index in [4.69, 9.17) is 4.74 Å². The van der Waals surface area contributed by atoms with Crippen molar-refractivity contribution in [1.82, 2.24) is 0 Å². The Morgan fingerprint density at radius 2 is 2.04 bits per heavy atom. The zero-order valence-electron chi connectivity index (χ0n) is 14.2. The largest absolute Gasteiger partial charge is 0.496 e. The van der Waals surface area contributed by atoms with Gasteiger partial charge in [-0.15, -0.1) is 0 Å². The summed E-state index contributed by atoms with van der Waals surface area (Å²) in [6, 6.07) is 11.7. The van der Waals surface area contributed by atoms with E-state index in [2.05, 4.69) is 35.8 Å². The molecule has 3 nitrogen and oxygen atoms in total. The molecule has 0 amide bonds. The Morgan fingerprint density at radius 3 is 2.72 bits per heavy atom. The van der Waals surface area contributed by atoms with Crippen molar-refractivity contribution in [3.8, 4) is 11.8 Å². The van der Waals surface area contributed by atoms with Crippen LogP contribution >= 0.6 is 15.9 Å². The second-order valence-electron chi connectivity index (χ2n) is 6.97. The molecule has 0 bridgehead atoms. The van der Waals surface area contributed by atoms with E-state index in [0.29, 0.717) is 23.1 Å². The second-order valence-corrected chi connectivity index (χ2v) is 7.82. The van der Waals surface area contributed by atoms with Crippen LogP contribution in [0.15, 0.2) is 40.4 Å². The predicted octanol–water partition coefficient (Wildman–Crippen LogP) is 4.81. The van der Waals surface area contributed by atoms with Crippen molar-refractivity contribution in [2.75, 3.05) is 7.11 Å². The van der Waals surface area contributed by atoms with Gasteiger partial charge in [-0.2, -0.15) is 5.26 Å². The van der Waals surface area contributed by atoms with Gasteiger partial charge in [0.15, 0.2) is 5.78 Å². The summed E-state index contributed by atoms with van der Waals surface area (Å²) in [6.07, 6.45) is 0.705. The van der Waals surface area contributed by atoms with Crippen LogP contribution in [0.25, 0.3) is 5.57 Å². The molecule has 0 N–H and O–H groups in total. The minimum Gasteiger partial charge on any atom is -0.496 e. The molecule has 0 aliphatic heterocycles. The minimum absolute atomic E-state index is 0.00544. The molecule has 4 rings (SSSR count). The van der Waals surface area contributed by atoms with Gasteiger partial charge in [-0.3, -0.25) is 4.79 Å². The molecule has 0 unspecified atom stereocenters. The Labute approximate surface area is 155 Å². The highest BCUT2D eigenvalue weighted by Gasteiger charge is 2.44. The molecule has 25 heavy (non-hydrogen) atoms. The van der Waals surface area contributed by atoms with Crippen LogP contribution in [0.1, 0.15) is 46.5 Å². The third kappa shape index (κ3) is 2.06. The number of carbonyl (C=O) groups excluding carboxylic acids is 1. The fourth-order valence-corrected chi connectivity index (χ4v) is 4.57. The molecule has 0 atom stereocenters. The van der Waals surface area contributed by atoms with Gasteiger partial charge < -0.3 is 4.74 Å². The highest BCUT2D eigenvalue weighted by atomic mass is 79.9. The van der Waals surface area contributed by atoms with Crippen molar-refractivity contribution in [2.45, 2.75) is 25.7 Å². The van der Waals surface area contributed by atoms with Crippen LogP contribution in [-0.4, -0.2) is 12.9 Å². The smallest absolute Gasteiger partial charge is 0.194 e. The molecule has 124 valence electrons. The van der Waals surface area contributed by atoms with Gasteiger partial charge in [0, 0.05) is 22.1 Å². The minimum atomic E-state index is -0.307. The lowest BCUT2D eigenvalue weighted by Crippen LogP contribution is -2.30. The molecular weight excluding hydrogens is 378 g/mol. The highest BCUT2D eigenvalue weighted by Crippen LogP contribution is 2.51. The van der Waals surface area contributed by atoms with Crippen LogP contribution in [0.2, 0.25) is 0 Å². The monoisotopic (exact) mass is 393 g/mol. The molecule has 0 aromatic heterocycles. The van der Waals surface area contributed by atoms with E-state index in [1.807, 2.05) is 24.3 Å². The summed E-state index contributed by atoms with van der Waals surface area (Å²) in [5.74, 6) is 0.714. The van der Waals surface area contributed by atoms with E-state index in [-0.39, 0.29) is 11.2 Å². The van der Waals surface area contributed by atoms with Crippen LogP contribution in [-0.2, 0) is 11.8 Å². The van der Waals surface area contributed by atoms with Gasteiger partial charge in [0.05, 0.1) is 23.2 Å². The number of nitrogens with zero attached hydrogens (tertiary/aromatic N) is 1. The molecule has 0 heterocycles. The standard InChI is InChI=1S/C21H16BrNO2/c1-21(2)14-9-17(25-3)16(22)8-13(14)20(24)19-15(21)7-11-5-4-6-12(10-23)18(11)19/h4-6,8-9H,7H2,1-3H3. The number of halogens is 1. The Kier molecular flexibility index (Phi) is 3.42. The van der Waals surface area contributed by atoms with E-state index in [1.54, 1.807) is 13.2 Å². The van der Waals surface area contributed by atoms with E-state index < -0.39 is 0 Å². The van der Waals surface area contributed by atoms with Crippen molar-refractivity contribution in [1.29, 1.82) is 5.26 Å². The summed E-state index contributed by atoms with van der Waals surface area (Å²) in [5.41, 5.74) is 5.59. The fourth-order valence-electron chi connectivity index (χ4n) is 4.06. The number of nitriles is 1. The van der Waals surface area contributed by atoms with E-state index in [0.717, 1.165) is 32.5 Å². The summed E-state index contributed by atoms with van der Waals surface area (Å²) in [7, 11) is 1.62.